The summed E-state index contributed by atoms with van der Waals surface area (Å²) in [5.74, 6) is 1.54. The molecular formula is C23H22N4O3. The maximum atomic E-state index is 13.2. The van der Waals surface area contributed by atoms with Crippen LogP contribution in [0.2, 0.25) is 0 Å². The molecule has 0 spiro atoms. The first-order valence-electron chi connectivity index (χ1n) is 9.42. The number of rotatable bonds is 6. The molecule has 7 heteroatoms. The Morgan fingerprint density at radius 3 is 2.30 bits per heavy atom. The number of hydrogen-bond donors (Lipinski definition) is 1. The van der Waals surface area contributed by atoms with E-state index in [9.17, 15) is 4.79 Å². The van der Waals surface area contributed by atoms with E-state index in [1.165, 1.54) is 0 Å². The van der Waals surface area contributed by atoms with E-state index >= 15 is 0 Å². The predicted octanol–water partition coefficient (Wildman–Crippen LogP) is 4.24. The molecule has 7 nitrogen and oxygen atoms in total. The topological polar surface area (TPSA) is 70.3 Å². The van der Waals surface area contributed by atoms with E-state index in [4.69, 9.17) is 9.47 Å². The number of aryl methyl sites for hydroxylation is 1. The fourth-order valence-electron chi connectivity index (χ4n) is 3.25. The van der Waals surface area contributed by atoms with Crippen molar-refractivity contribution >= 4 is 11.6 Å². The standard InChI is InChI=1S/C23H22N4O3/c1-16-7-6-8-18(11-16)27-23(26-9-4-5-10-26)21(15-24-27)22(28)25-17-12-19(29-2)14-20(13-17)30-3/h4-15H,1-3H3,(H,25,28). The molecule has 0 aliphatic carbocycles. The number of benzene rings is 2. The van der Waals surface area contributed by atoms with E-state index in [0.717, 1.165) is 11.3 Å². The second kappa shape index (κ2) is 8.16. The Kier molecular flexibility index (Phi) is 5.26. The van der Waals surface area contributed by atoms with Crippen LogP contribution in [0.5, 0.6) is 11.5 Å². The first-order chi connectivity index (χ1) is 14.6. The molecule has 152 valence electrons. The first-order valence-corrected chi connectivity index (χ1v) is 9.42. The lowest BCUT2D eigenvalue weighted by atomic mass is 10.2. The Balaban J connectivity index is 1.75. The van der Waals surface area contributed by atoms with E-state index in [1.54, 1.807) is 43.3 Å². The summed E-state index contributed by atoms with van der Waals surface area (Å²) in [6, 6.07) is 17.0. The second-order valence-electron chi connectivity index (χ2n) is 6.78. The van der Waals surface area contributed by atoms with Crippen LogP contribution < -0.4 is 14.8 Å². The van der Waals surface area contributed by atoms with Gasteiger partial charge in [-0.2, -0.15) is 5.10 Å². The molecule has 1 N–H and O–H groups in total. The molecule has 0 atom stereocenters. The smallest absolute Gasteiger partial charge is 0.261 e. The summed E-state index contributed by atoms with van der Waals surface area (Å²) in [6.07, 6.45) is 5.34. The number of methoxy groups -OCH3 is 2. The molecule has 0 aliphatic rings. The first kappa shape index (κ1) is 19.3. The van der Waals surface area contributed by atoms with Gasteiger partial charge in [0.2, 0.25) is 0 Å². The Bertz CT molecular complexity index is 1160. The van der Waals surface area contributed by atoms with E-state index < -0.39 is 0 Å². The normalized spacial score (nSPS) is 10.6. The minimum absolute atomic E-state index is 0.284. The van der Waals surface area contributed by atoms with Crippen LogP contribution in [0.25, 0.3) is 11.5 Å². The molecule has 0 saturated heterocycles. The lowest BCUT2D eigenvalue weighted by Gasteiger charge is -2.12. The molecule has 4 rings (SSSR count). The van der Waals surface area contributed by atoms with Gasteiger partial charge in [0.1, 0.15) is 17.1 Å². The maximum Gasteiger partial charge on any atom is 0.261 e. The van der Waals surface area contributed by atoms with Crippen molar-refractivity contribution in [1.82, 2.24) is 14.3 Å². The van der Waals surface area contributed by atoms with Crippen LogP contribution in [-0.4, -0.2) is 34.5 Å². The second-order valence-corrected chi connectivity index (χ2v) is 6.78. The molecule has 0 bridgehead atoms. The van der Waals surface area contributed by atoms with Crippen LogP contribution in [0.15, 0.2) is 73.2 Å². The highest BCUT2D eigenvalue weighted by molar-refractivity contribution is 6.06. The Hall–Kier alpha value is -4.00. The highest BCUT2D eigenvalue weighted by Crippen LogP contribution is 2.27. The summed E-state index contributed by atoms with van der Waals surface area (Å²) >= 11 is 0. The van der Waals surface area contributed by atoms with Crippen molar-refractivity contribution < 1.29 is 14.3 Å². The maximum absolute atomic E-state index is 13.2. The van der Waals surface area contributed by atoms with Crippen molar-refractivity contribution in [2.45, 2.75) is 6.92 Å². The lowest BCUT2D eigenvalue weighted by molar-refractivity contribution is 0.102. The number of nitrogens with one attached hydrogen (secondary N) is 1. The van der Waals surface area contributed by atoms with Crippen LogP contribution in [0.3, 0.4) is 0 Å². The Morgan fingerprint density at radius 2 is 1.67 bits per heavy atom. The van der Waals surface area contributed by atoms with Crippen molar-refractivity contribution in [3.63, 3.8) is 0 Å². The molecular weight excluding hydrogens is 380 g/mol. The van der Waals surface area contributed by atoms with E-state index in [2.05, 4.69) is 10.4 Å². The van der Waals surface area contributed by atoms with Crippen molar-refractivity contribution in [2.75, 3.05) is 19.5 Å². The fraction of sp³-hybridized carbons (Fsp3) is 0.130. The number of carbonyl (C=O) groups excluding carboxylic acids is 1. The largest absolute Gasteiger partial charge is 0.497 e. The van der Waals surface area contributed by atoms with Gasteiger partial charge in [-0.25, -0.2) is 4.68 Å². The summed E-state index contributed by atoms with van der Waals surface area (Å²) in [6.45, 7) is 2.02. The molecule has 30 heavy (non-hydrogen) atoms. The van der Waals surface area contributed by atoms with Crippen molar-refractivity contribution in [2.24, 2.45) is 0 Å². The van der Waals surface area contributed by atoms with Crippen LogP contribution in [0.4, 0.5) is 5.69 Å². The van der Waals surface area contributed by atoms with Gasteiger partial charge in [0.15, 0.2) is 5.82 Å². The third-order valence-electron chi connectivity index (χ3n) is 4.69. The summed E-state index contributed by atoms with van der Waals surface area (Å²) in [7, 11) is 3.13. The number of nitrogens with zero attached hydrogens (tertiary/aromatic N) is 3. The molecule has 0 unspecified atom stereocenters. The van der Waals surface area contributed by atoms with Crippen LogP contribution in [0.1, 0.15) is 15.9 Å². The van der Waals surface area contributed by atoms with E-state index in [1.807, 2.05) is 60.3 Å². The lowest BCUT2D eigenvalue weighted by Crippen LogP contribution is -2.15. The van der Waals surface area contributed by atoms with Crippen LogP contribution in [0, 0.1) is 6.92 Å². The quantitative estimate of drug-likeness (QED) is 0.524. The molecule has 0 saturated carbocycles. The highest BCUT2D eigenvalue weighted by Gasteiger charge is 2.20. The number of carbonyl (C=O) groups is 1. The van der Waals surface area contributed by atoms with Crippen molar-refractivity contribution in [3.8, 4) is 23.0 Å². The monoisotopic (exact) mass is 402 g/mol. The fourth-order valence-corrected chi connectivity index (χ4v) is 3.25. The van der Waals surface area contributed by atoms with E-state index in [-0.39, 0.29) is 5.91 Å². The minimum atomic E-state index is -0.284. The van der Waals surface area contributed by atoms with E-state index in [0.29, 0.717) is 28.6 Å². The zero-order chi connectivity index (χ0) is 21.1. The molecule has 1 amide bonds. The number of amides is 1. The van der Waals surface area contributed by atoms with Gasteiger partial charge in [0.05, 0.1) is 26.1 Å². The van der Waals surface area contributed by atoms with Crippen LogP contribution >= 0.6 is 0 Å². The summed E-state index contributed by atoms with van der Waals surface area (Å²) < 4.78 is 14.2. The molecule has 0 radical (unpaired) electrons. The average Bonchev–Trinajstić information content (AvgIpc) is 3.42. The Morgan fingerprint density at radius 1 is 0.967 bits per heavy atom. The molecule has 4 aromatic rings. The minimum Gasteiger partial charge on any atom is -0.497 e. The number of aromatic nitrogens is 3. The summed E-state index contributed by atoms with van der Waals surface area (Å²) in [5.41, 5.74) is 2.99. The van der Waals surface area contributed by atoms with Crippen molar-refractivity contribution in [1.29, 1.82) is 0 Å². The van der Waals surface area contributed by atoms with Gasteiger partial charge in [-0.05, 0) is 36.8 Å². The van der Waals surface area contributed by atoms with Gasteiger partial charge in [0.25, 0.3) is 5.91 Å². The summed E-state index contributed by atoms with van der Waals surface area (Å²) in [5, 5.41) is 7.42. The van der Waals surface area contributed by atoms with Gasteiger partial charge in [-0.3, -0.25) is 4.79 Å². The highest BCUT2D eigenvalue weighted by atomic mass is 16.5. The number of anilines is 1. The number of ether oxygens (including phenoxy) is 2. The number of hydrogen-bond acceptors (Lipinski definition) is 4. The Labute approximate surface area is 174 Å². The third kappa shape index (κ3) is 3.77. The third-order valence-corrected chi connectivity index (χ3v) is 4.69. The molecule has 2 aromatic heterocycles. The summed E-state index contributed by atoms with van der Waals surface area (Å²) in [4.78, 5) is 13.2. The van der Waals surface area contributed by atoms with Crippen LogP contribution in [-0.2, 0) is 0 Å². The molecule has 2 heterocycles. The average molecular weight is 402 g/mol. The zero-order valence-electron chi connectivity index (χ0n) is 17.0. The molecule has 2 aromatic carbocycles. The predicted molar refractivity (Wildman–Crippen MR) is 115 cm³/mol. The SMILES string of the molecule is COc1cc(NC(=O)c2cnn(-c3cccc(C)c3)c2-n2cccc2)cc(OC)c1. The van der Waals surface area contributed by atoms with Gasteiger partial charge in [-0.1, -0.05) is 12.1 Å². The van der Waals surface area contributed by atoms with Gasteiger partial charge in [0, 0.05) is 36.3 Å². The molecule has 0 fully saturated rings. The van der Waals surface area contributed by atoms with Gasteiger partial charge >= 0.3 is 0 Å². The molecule has 0 aliphatic heterocycles. The van der Waals surface area contributed by atoms with Gasteiger partial charge < -0.3 is 19.4 Å². The van der Waals surface area contributed by atoms with Gasteiger partial charge in [-0.15, -0.1) is 0 Å². The van der Waals surface area contributed by atoms with Crippen molar-refractivity contribution in [3.05, 3.63) is 84.3 Å². The zero-order valence-corrected chi connectivity index (χ0v) is 17.0.